The fourth-order valence-corrected chi connectivity index (χ4v) is 4.14. The molecule has 6 heteroatoms. The average Bonchev–Trinajstić information content (AvgIpc) is 2.61. The number of benzene rings is 1. The lowest BCUT2D eigenvalue weighted by Crippen LogP contribution is -1.91. The summed E-state index contributed by atoms with van der Waals surface area (Å²) in [7, 11) is 0. The molecular weight excluding hydrogens is 386 g/mol. The van der Waals surface area contributed by atoms with Crippen molar-refractivity contribution < 1.29 is 0 Å². The van der Waals surface area contributed by atoms with Gasteiger partial charge in [-0.25, -0.2) is 0 Å². The van der Waals surface area contributed by atoms with Gasteiger partial charge in [0.15, 0.2) is 0 Å². The van der Waals surface area contributed by atoms with E-state index in [9.17, 15) is 0 Å². The number of hydrogen-bond acceptors (Lipinski definition) is 1. The molecule has 0 aliphatic heterocycles. The highest BCUT2D eigenvalue weighted by Crippen LogP contribution is 2.42. The molecule has 0 amide bonds. The fourth-order valence-electron chi connectivity index (χ4n) is 1.38. The molecule has 1 aromatic carbocycles. The van der Waals surface area contributed by atoms with Crippen molar-refractivity contribution in [3.63, 3.8) is 0 Å². The standard InChI is InChI=1S/C11H5BrCl4S/c12-10(6-4-9(15)17-11(6)16)5-1-2-7(13)8(14)3-5/h1-4,10H. The number of rotatable bonds is 2. The van der Waals surface area contributed by atoms with E-state index in [0.29, 0.717) is 18.7 Å². The van der Waals surface area contributed by atoms with Gasteiger partial charge in [0.1, 0.15) is 0 Å². The maximum atomic E-state index is 6.11. The predicted octanol–water partition coefficient (Wildman–Crippen LogP) is 6.85. The van der Waals surface area contributed by atoms with Crippen molar-refractivity contribution >= 4 is 73.7 Å². The molecule has 1 heterocycles. The average molecular weight is 391 g/mol. The minimum atomic E-state index is -0.0477. The maximum Gasteiger partial charge on any atom is 0.0990 e. The molecule has 0 saturated heterocycles. The number of thiophene rings is 1. The molecule has 0 N–H and O–H groups in total. The molecule has 0 aliphatic rings. The topological polar surface area (TPSA) is 0 Å². The molecule has 0 fully saturated rings. The van der Waals surface area contributed by atoms with Crippen LogP contribution in [-0.4, -0.2) is 0 Å². The lowest BCUT2D eigenvalue weighted by molar-refractivity contribution is 1.19. The van der Waals surface area contributed by atoms with Crippen LogP contribution >= 0.6 is 73.7 Å². The van der Waals surface area contributed by atoms with Gasteiger partial charge in [-0.2, -0.15) is 0 Å². The number of halogens is 5. The minimum absolute atomic E-state index is 0.0477. The van der Waals surface area contributed by atoms with Gasteiger partial charge in [0.2, 0.25) is 0 Å². The number of alkyl halides is 1. The van der Waals surface area contributed by atoms with Crippen LogP contribution in [0.15, 0.2) is 24.3 Å². The van der Waals surface area contributed by atoms with E-state index in [1.165, 1.54) is 11.3 Å². The molecule has 0 aliphatic carbocycles. The smallest absolute Gasteiger partial charge is 0.0990 e. The van der Waals surface area contributed by atoms with Crippen LogP contribution in [0, 0.1) is 0 Å². The molecular formula is C11H5BrCl4S. The molecule has 0 spiro atoms. The Balaban J connectivity index is 2.40. The van der Waals surface area contributed by atoms with E-state index >= 15 is 0 Å². The van der Waals surface area contributed by atoms with E-state index in [1.54, 1.807) is 6.07 Å². The molecule has 0 saturated carbocycles. The lowest BCUT2D eigenvalue weighted by atomic mass is 10.1. The Morgan fingerprint density at radius 2 is 1.71 bits per heavy atom. The zero-order chi connectivity index (χ0) is 12.6. The molecule has 1 unspecified atom stereocenters. The third kappa shape index (κ3) is 3.12. The maximum absolute atomic E-state index is 6.11. The summed E-state index contributed by atoms with van der Waals surface area (Å²) in [6.45, 7) is 0. The van der Waals surface area contributed by atoms with Crippen molar-refractivity contribution in [2.75, 3.05) is 0 Å². The van der Waals surface area contributed by atoms with Crippen molar-refractivity contribution in [1.82, 2.24) is 0 Å². The molecule has 17 heavy (non-hydrogen) atoms. The van der Waals surface area contributed by atoms with Gasteiger partial charge in [0.05, 0.1) is 23.5 Å². The van der Waals surface area contributed by atoms with Gasteiger partial charge >= 0.3 is 0 Å². The minimum Gasteiger partial charge on any atom is -0.111 e. The molecule has 2 rings (SSSR count). The van der Waals surface area contributed by atoms with E-state index < -0.39 is 0 Å². The van der Waals surface area contributed by atoms with Crippen LogP contribution in [0.4, 0.5) is 0 Å². The Morgan fingerprint density at radius 1 is 1.00 bits per heavy atom. The molecule has 0 radical (unpaired) electrons. The second-order valence-corrected chi connectivity index (χ2v) is 7.33. The highest BCUT2D eigenvalue weighted by Gasteiger charge is 2.17. The number of hydrogen-bond donors (Lipinski definition) is 0. The van der Waals surface area contributed by atoms with Crippen LogP contribution in [0.3, 0.4) is 0 Å². The first-order valence-corrected chi connectivity index (χ1v) is 7.77. The molecule has 90 valence electrons. The summed E-state index contributed by atoms with van der Waals surface area (Å²) in [5.41, 5.74) is 1.91. The first-order valence-electron chi connectivity index (χ1n) is 4.53. The van der Waals surface area contributed by atoms with Crippen molar-refractivity contribution in [2.45, 2.75) is 4.83 Å². The van der Waals surface area contributed by atoms with E-state index in [-0.39, 0.29) is 4.83 Å². The first-order chi connectivity index (χ1) is 7.99. The van der Waals surface area contributed by atoms with Crippen LogP contribution in [0.25, 0.3) is 0 Å². The van der Waals surface area contributed by atoms with E-state index in [2.05, 4.69) is 15.9 Å². The van der Waals surface area contributed by atoms with Crippen LogP contribution in [0.1, 0.15) is 16.0 Å². The molecule has 1 aromatic heterocycles. The summed E-state index contributed by atoms with van der Waals surface area (Å²) in [4.78, 5) is -0.0477. The summed E-state index contributed by atoms with van der Waals surface area (Å²) < 4.78 is 1.33. The zero-order valence-electron chi connectivity index (χ0n) is 8.18. The van der Waals surface area contributed by atoms with Crippen LogP contribution in [0.2, 0.25) is 18.7 Å². The van der Waals surface area contributed by atoms with Crippen LogP contribution in [0.5, 0.6) is 0 Å². The van der Waals surface area contributed by atoms with Crippen LogP contribution in [-0.2, 0) is 0 Å². The molecule has 2 aromatic rings. The Morgan fingerprint density at radius 3 is 2.24 bits per heavy atom. The quantitative estimate of drug-likeness (QED) is 0.492. The Hall–Kier alpha value is 0.560. The van der Waals surface area contributed by atoms with Gasteiger partial charge in [-0.3, -0.25) is 0 Å². The SMILES string of the molecule is Clc1cc(C(Br)c2ccc(Cl)c(Cl)c2)c(Cl)s1. The summed E-state index contributed by atoms with van der Waals surface area (Å²) in [5.74, 6) is 0. The second-order valence-electron chi connectivity index (χ2n) is 3.32. The first kappa shape index (κ1) is 14.0. The normalized spacial score (nSPS) is 12.8. The summed E-state index contributed by atoms with van der Waals surface area (Å²) in [5, 5.41) is 1.05. The van der Waals surface area contributed by atoms with Crippen molar-refractivity contribution in [1.29, 1.82) is 0 Å². The Kier molecular flexibility index (Phi) is 4.67. The summed E-state index contributed by atoms with van der Waals surface area (Å²) in [6.07, 6.45) is 0. The monoisotopic (exact) mass is 388 g/mol. The largest absolute Gasteiger partial charge is 0.111 e. The van der Waals surface area contributed by atoms with Gasteiger partial charge in [0, 0.05) is 5.56 Å². The Bertz CT molecular complexity index is 552. The van der Waals surface area contributed by atoms with Gasteiger partial charge in [-0.15, -0.1) is 11.3 Å². The highest BCUT2D eigenvalue weighted by molar-refractivity contribution is 9.09. The van der Waals surface area contributed by atoms with E-state index in [0.717, 1.165) is 11.1 Å². The second kappa shape index (κ2) is 5.68. The van der Waals surface area contributed by atoms with Crippen molar-refractivity contribution in [3.8, 4) is 0 Å². The highest BCUT2D eigenvalue weighted by atomic mass is 79.9. The molecule has 1 atom stereocenters. The molecule has 0 nitrogen and oxygen atoms in total. The fraction of sp³-hybridized carbons (Fsp3) is 0.0909. The van der Waals surface area contributed by atoms with Crippen molar-refractivity contribution in [3.05, 3.63) is 54.1 Å². The zero-order valence-corrected chi connectivity index (χ0v) is 13.6. The third-order valence-corrected chi connectivity index (χ3v) is 5.47. The van der Waals surface area contributed by atoms with E-state index in [1.807, 2.05) is 18.2 Å². The molecule has 0 bridgehead atoms. The van der Waals surface area contributed by atoms with Crippen LogP contribution < -0.4 is 0 Å². The third-order valence-electron chi connectivity index (χ3n) is 2.19. The summed E-state index contributed by atoms with van der Waals surface area (Å²) in [6, 6.07) is 7.31. The van der Waals surface area contributed by atoms with Gasteiger partial charge in [-0.05, 0) is 23.8 Å². The Labute approximate surface area is 132 Å². The van der Waals surface area contributed by atoms with Gasteiger partial charge in [0.25, 0.3) is 0 Å². The summed E-state index contributed by atoms with van der Waals surface area (Å²) >= 11 is 28.8. The predicted molar refractivity (Wildman–Crippen MR) is 81.6 cm³/mol. The van der Waals surface area contributed by atoms with E-state index in [4.69, 9.17) is 46.4 Å². The van der Waals surface area contributed by atoms with Gasteiger partial charge < -0.3 is 0 Å². The lowest BCUT2D eigenvalue weighted by Gasteiger charge is -2.10. The van der Waals surface area contributed by atoms with Crippen molar-refractivity contribution in [2.24, 2.45) is 0 Å². The van der Waals surface area contributed by atoms with Gasteiger partial charge in [-0.1, -0.05) is 68.4 Å².